The molecule has 0 aromatic rings. The maximum absolute atomic E-state index is 12.2. The number of ether oxygens (including phenoxy) is 1. The smallest absolute Gasteiger partial charge is 0.435 e. The number of carboxylic acid groups (broad SMARTS) is 1. The van der Waals surface area contributed by atoms with Gasteiger partial charge in [-0.1, -0.05) is 27.2 Å². The number of carbonyl (C=O) groups is 2. The molecule has 1 amide bonds. The fourth-order valence-corrected chi connectivity index (χ4v) is 3.31. The molecule has 6 nitrogen and oxygen atoms in total. The van der Waals surface area contributed by atoms with Gasteiger partial charge in [-0.2, -0.15) is 5.06 Å². The minimum absolute atomic E-state index is 0.153. The van der Waals surface area contributed by atoms with Crippen LogP contribution in [-0.2, 0) is 14.4 Å². The zero-order chi connectivity index (χ0) is 15.6. The van der Waals surface area contributed by atoms with Gasteiger partial charge >= 0.3 is 12.1 Å². The highest BCUT2D eigenvalue weighted by atomic mass is 16.7. The summed E-state index contributed by atoms with van der Waals surface area (Å²) in [4.78, 5) is 28.5. The molecule has 0 aromatic heterocycles. The topological polar surface area (TPSA) is 76.1 Å². The molecule has 0 radical (unpaired) electrons. The Morgan fingerprint density at radius 3 is 2.62 bits per heavy atom. The van der Waals surface area contributed by atoms with Gasteiger partial charge in [0.2, 0.25) is 0 Å². The summed E-state index contributed by atoms with van der Waals surface area (Å²) < 4.78 is 5.60. The lowest BCUT2D eigenvalue weighted by molar-refractivity contribution is -0.160. The molecule has 4 unspecified atom stereocenters. The summed E-state index contributed by atoms with van der Waals surface area (Å²) in [5.41, 5.74) is 0. The van der Waals surface area contributed by atoms with Crippen molar-refractivity contribution in [3.63, 3.8) is 0 Å². The number of carbonyl (C=O) groups excluding carboxylic acids is 1. The zero-order valence-corrected chi connectivity index (χ0v) is 12.9. The minimum atomic E-state index is -1.05. The van der Waals surface area contributed by atoms with E-state index >= 15 is 0 Å². The Labute approximate surface area is 125 Å². The number of hydrogen-bond donors (Lipinski definition) is 1. The van der Waals surface area contributed by atoms with Crippen molar-refractivity contribution in [3.8, 4) is 0 Å². The van der Waals surface area contributed by atoms with Gasteiger partial charge in [-0.05, 0) is 30.6 Å². The highest BCUT2D eigenvalue weighted by Gasteiger charge is 2.40. The van der Waals surface area contributed by atoms with Gasteiger partial charge in [0.05, 0.1) is 6.61 Å². The van der Waals surface area contributed by atoms with E-state index in [0.29, 0.717) is 24.2 Å². The standard InChI is InChI=1S/C15H25NO5/c1-9(2)11-5-4-10(3)8-13(11)21-15(19)16-12(14(17)18)6-7-20-16/h9-13H,4-8H2,1-3H3,(H,17,18). The molecule has 2 fully saturated rings. The fourth-order valence-electron chi connectivity index (χ4n) is 3.31. The van der Waals surface area contributed by atoms with E-state index in [-0.39, 0.29) is 12.7 Å². The van der Waals surface area contributed by atoms with E-state index in [0.717, 1.165) is 24.3 Å². The summed E-state index contributed by atoms with van der Waals surface area (Å²) in [5.74, 6) is 0.232. The second-order valence-electron chi connectivity index (χ2n) is 6.55. The predicted molar refractivity (Wildman–Crippen MR) is 75.4 cm³/mol. The molecule has 0 bridgehead atoms. The molecule has 21 heavy (non-hydrogen) atoms. The molecule has 1 aliphatic heterocycles. The molecule has 1 saturated carbocycles. The lowest BCUT2D eigenvalue weighted by Crippen LogP contribution is -2.44. The van der Waals surface area contributed by atoms with Crippen LogP contribution in [0.2, 0.25) is 0 Å². The van der Waals surface area contributed by atoms with Crippen molar-refractivity contribution in [2.75, 3.05) is 6.61 Å². The lowest BCUT2D eigenvalue weighted by Gasteiger charge is -2.37. The van der Waals surface area contributed by atoms with E-state index in [1.54, 1.807) is 0 Å². The Morgan fingerprint density at radius 1 is 1.29 bits per heavy atom. The number of nitrogens with zero attached hydrogens (tertiary/aromatic N) is 1. The first-order valence-electron chi connectivity index (χ1n) is 7.75. The molecule has 1 aliphatic carbocycles. The first-order valence-corrected chi connectivity index (χ1v) is 7.75. The number of hydrogen-bond acceptors (Lipinski definition) is 4. The van der Waals surface area contributed by atoms with Crippen LogP contribution in [0.15, 0.2) is 0 Å². The second-order valence-corrected chi connectivity index (χ2v) is 6.55. The average Bonchev–Trinajstić information content (AvgIpc) is 2.87. The SMILES string of the molecule is CC1CCC(C(C)C)C(OC(=O)N2OCCC2C(=O)O)C1. The van der Waals surface area contributed by atoms with Crippen molar-refractivity contribution in [1.82, 2.24) is 5.06 Å². The molecule has 1 saturated heterocycles. The lowest BCUT2D eigenvalue weighted by atomic mass is 9.75. The van der Waals surface area contributed by atoms with Crippen molar-refractivity contribution in [1.29, 1.82) is 0 Å². The molecule has 4 atom stereocenters. The molecular weight excluding hydrogens is 274 g/mol. The van der Waals surface area contributed by atoms with Gasteiger partial charge in [-0.3, -0.25) is 4.84 Å². The molecule has 0 spiro atoms. The Kier molecular flexibility index (Phi) is 5.08. The molecule has 1 N–H and O–H groups in total. The van der Waals surface area contributed by atoms with E-state index in [2.05, 4.69) is 20.8 Å². The predicted octanol–water partition coefficient (Wildman–Crippen LogP) is 2.67. The van der Waals surface area contributed by atoms with Crippen molar-refractivity contribution in [2.24, 2.45) is 17.8 Å². The van der Waals surface area contributed by atoms with Crippen LogP contribution in [0, 0.1) is 17.8 Å². The number of hydroxylamine groups is 2. The Morgan fingerprint density at radius 2 is 2.00 bits per heavy atom. The van der Waals surface area contributed by atoms with Crippen LogP contribution < -0.4 is 0 Å². The molecule has 1 heterocycles. The van der Waals surface area contributed by atoms with Gasteiger partial charge in [0.15, 0.2) is 6.04 Å². The highest BCUT2D eigenvalue weighted by Crippen LogP contribution is 2.36. The van der Waals surface area contributed by atoms with E-state index < -0.39 is 18.1 Å². The first kappa shape index (κ1) is 16.1. The highest BCUT2D eigenvalue weighted by molar-refractivity contribution is 5.79. The summed E-state index contributed by atoms with van der Waals surface area (Å²) in [5, 5.41) is 9.98. The van der Waals surface area contributed by atoms with E-state index in [9.17, 15) is 9.59 Å². The van der Waals surface area contributed by atoms with Gasteiger partial charge in [0, 0.05) is 6.42 Å². The third-order valence-electron chi connectivity index (χ3n) is 4.58. The Balaban J connectivity index is 2.01. The molecule has 120 valence electrons. The normalized spacial score (nSPS) is 33.2. The summed E-state index contributed by atoms with van der Waals surface area (Å²) in [6.07, 6.45) is 2.51. The van der Waals surface area contributed by atoms with E-state index in [1.807, 2.05) is 0 Å². The summed E-state index contributed by atoms with van der Waals surface area (Å²) >= 11 is 0. The fraction of sp³-hybridized carbons (Fsp3) is 0.867. The van der Waals surface area contributed by atoms with Crippen LogP contribution in [0.3, 0.4) is 0 Å². The number of aliphatic carboxylic acids is 1. The van der Waals surface area contributed by atoms with Crippen molar-refractivity contribution in [3.05, 3.63) is 0 Å². The van der Waals surface area contributed by atoms with Crippen molar-refractivity contribution < 1.29 is 24.3 Å². The molecule has 0 aromatic carbocycles. The monoisotopic (exact) mass is 299 g/mol. The number of amides is 1. The van der Waals surface area contributed by atoms with Gasteiger partial charge < -0.3 is 9.84 Å². The summed E-state index contributed by atoms with van der Waals surface area (Å²) in [6, 6.07) is -0.934. The largest absolute Gasteiger partial charge is 0.480 e. The summed E-state index contributed by atoms with van der Waals surface area (Å²) in [6.45, 7) is 6.66. The Bertz CT molecular complexity index is 398. The minimum Gasteiger partial charge on any atom is -0.480 e. The molecule has 2 rings (SSSR count). The maximum atomic E-state index is 12.2. The quantitative estimate of drug-likeness (QED) is 0.867. The van der Waals surface area contributed by atoms with Crippen LogP contribution in [0.5, 0.6) is 0 Å². The molecule has 6 heteroatoms. The van der Waals surface area contributed by atoms with Gasteiger partial charge in [-0.15, -0.1) is 0 Å². The second kappa shape index (κ2) is 6.64. The number of carboxylic acids is 1. The molecular formula is C15H25NO5. The van der Waals surface area contributed by atoms with Crippen LogP contribution in [0.25, 0.3) is 0 Å². The zero-order valence-electron chi connectivity index (χ0n) is 12.9. The van der Waals surface area contributed by atoms with E-state index in [4.69, 9.17) is 14.7 Å². The number of rotatable bonds is 3. The van der Waals surface area contributed by atoms with E-state index in [1.165, 1.54) is 0 Å². The van der Waals surface area contributed by atoms with Crippen LogP contribution in [0.1, 0.15) is 46.5 Å². The van der Waals surface area contributed by atoms with Crippen LogP contribution >= 0.6 is 0 Å². The summed E-state index contributed by atoms with van der Waals surface area (Å²) in [7, 11) is 0. The maximum Gasteiger partial charge on any atom is 0.435 e. The van der Waals surface area contributed by atoms with Gasteiger partial charge in [0.1, 0.15) is 6.10 Å². The van der Waals surface area contributed by atoms with Gasteiger partial charge in [0.25, 0.3) is 0 Å². The van der Waals surface area contributed by atoms with Crippen molar-refractivity contribution >= 4 is 12.1 Å². The van der Waals surface area contributed by atoms with Crippen molar-refractivity contribution in [2.45, 2.75) is 58.6 Å². The first-order chi connectivity index (χ1) is 9.90. The van der Waals surface area contributed by atoms with Crippen LogP contribution in [0.4, 0.5) is 4.79 Å². The third-order valence-corrected chi connectivity index (χ3v) is 4.58. The van der Waals surface area contributed by atoms with Gasteiger partial charge in [-0.25, -0.2) is 9.59 Å². The molecule has 2 aliphatic rings. The average molecular weight is 299 g/mol. The van der Waals surface area contributed by atoms with Crippen LogP contribution in [-0.4, -0.2) is 41.0 Å². The third kappa shape index (κ3) is 3.67. The Hall–Kier alpha value is -1.30.